The van der Waals surface area contributed by atoms with Gasteiger partial charge in [-0.3, -0.25) is 4.79 Å². The molecule has 0 bridgehead atoms. The molecule has 0 unspecified atom stereocenters. The number of carbonyl (C=O) groups excluding carboxylic acids is 1. The van der Waals surface area contributed by atoms with Crippen LogP contribution >= 0.6 is 15.9 Å². The van der Waals surface area contributed by atoms with E-state index in [1.165, 1.54) is 0 Å². The van der Waals surface area contributed by atoms with E-state index in [0.29, 0.717) is 18.8 Å². The van der Waals surface area contributed by atoms with Crippen molar-refractivity contribution in [3.8, 4) is 0 Å². The lowest BCUT2D eigenvalue weighted by atomic mass is 10.4. The Labute approximate surface area is 113 Å². The largest absolute Gasteiger partial charge is 0.349 e. The molecule has 96 valence electrons. The number of carbonyl (C=O) groups is 1. The predicted octanol–water partition coefficient (Wildman–Crippen LogP) is 1.12. The number of halogens is 1. The SMILES string of the molecule is Cc1nncn1CCNC(=O)c1cc(Br)cn1C. The first-order chi connectivity index (χ1) is 8.58. The van der Waals surface area contributed by atoms with Crippen LogP contribution in [0.15, 0.2) is 23.1 Å². The summed E-state index contributed by atoms with van der Waals surface area (Å²) in [5.41, 5.74) is 0.627. The molecule has 0 aliphatic heterocycles. The highest BCUT2D eigenvalue weighted by atomic mass is 79.9. The molecule has 0 saturated carbocycles. The third-order valence-electron chi connectivity index (χ3n) is 2.65. The standard InChI is InChI=1S/C11H14BrN5O/c1-8-15-14-7-17(8)4-3-13-11(18)10-5-9(12)6-16(10)2/h5-7H,3-4H2,1-2H3,(H,13,18). The molecule has 0 fully saturated rings. The van der Waals surface area contributed by atoms with E-state index in [4.69, 9.17) is 0 Å². The molecular formula is C11H14BrN5O. The fourth-order valence-corrected chi connectivity index (χ4v) is 2.19. The second-order valence-electron chi connectivity index (χ2n) is 3.98. The van der Waals surface area contributed by atoms with Crippen molar-refractivity contribution in [2.45, 2.75) is 13.5 Å². The maximum atomic E-state index is 11.9. The minimum atomic E-state index is -0.0890. The van der Waals surface area contributed by atoms with E-state index in [1.54, 1.807) is 17.0 Å². The summed E-state index contributed by atoms with van der Waals surface area (Å²) in [7, 11) is 1.84. The van der Waals surface area contributed by atoms with Crippen LogP contribution in [-0.4, -0.2) is 31.8 Å². The normalized spacial score (nSPS) is 10.6. The fourth-order valence-electron chi connectivity index (χ4n) is 1.66. The summed E-state index contributed by atoms with van der Waals surface area (Å²) in [6, 6.07) is 1.79. The Kier molecular flexibility index (Phi) is 3.81. The van der Waals surface area contributed by atoms with Crippen molar-refractivity contribution in [3.63, 3.8) is 0 Å². The van der Waals surface area contributed by atoms with Crippen LogP contribution in [-0.2, 0) is 13.6 Å². The van der Waals surface area contributed by atoms with Gasteiger partial charge in [0.2, 0.25) is 0 Å². The van der Waals surface area contributed by atoms with Crippen LogP contribution in [0.2, 0.25) is 0 Å². The Hall–Kier alpha value is -1.63. The number of nitrogens with one attached hydrogen (secondary N) is 1. The molecule has 2 aromatic heterocycles. The molecular weight excluding hydrogens is 298 g/mol. The molecule has 6 nitrogen and oxygen atoms in total. The van der Waals surface area contributed by atoms with Crippen LogP contribution in [0.3, 0.4) is 0 Å². The van der Waals surface area contributed by atoms with Gasteiger partial charge >= 0.3 is 0 Å². The lowest BCUT2D eigenvalue weighted by Gasteiger charge is -2.07. The van der Waals surface area contributed by atoms with Gasteiger partial charge < -0.3 is 14.5 Å². The minimum absolute atomic E-state index is 0.0890. The number of aryl methyl sites for hydroxylation is 2. The van der Waals surface area contributed by atoms with Crippen LogP contribution in [0.5, 0.6) is 0 Å². The number of hydrogen-bond donors (Lipinski definition) is 1. The van der Waals surface area contributed by atoms with Crippen LogP contribution in [0.4, 0.5) is 0 Å². The maximum Gasteiger partial charge on any atom is 0.267 e. The highest BCUT2D eigenvalue weighted by Gasteiger charge is 2.10. The first-order valence-corrected chi connectivity index (χ1v) is 6.31. The molecule has 7 heteroatoms. The number of nitrogens with zero attached hydrogens (tertiary/aromatic N) is 4. The summed E-state index contributed by atoms with van der Waals surface area (Å²) in [5, 5.41) is 10.5. The summed E-state index contributed by atoms with van der Waals surface area (Å²) in [5.74, 6) is 0.750. The minimum Gasteiger partial charge on any atom is -0.349 e. The van der Waals surface area contributed by atoms with Gasteiger partial charge in [0.15, 0.2) is 0 Å². The average molecular weight is 312 g/mol. The number of aromatic nitrogens is 4. The van der Waals surface area contributed by atoms with E-state index in [0.717, 1.165) is 10.3 Å². The van der Waals surface area contributed by atoms with E-state index in [2.05, 4.69) is 31.4 Å². The van der Waals surface area contributed by atoms with Gasteiger partial charge in [-0.05, 0) is 28.9 Å². The summed E-state index contributed by atoms with van der Waals surface area (Å²) in [6.07, 6.45) is 3.50. The molecule has 2 heterocycles. The van der Waals surface area contributed by atoms with Crippen molar-refractivity contribution >= 4 is 21.8 Å². The second-order valence-corrected chi connectivity index (χ2v) is 4.90. The molecule has 0 spiro atoms. The number of rotatable bonds is 4. The number of amides is 1. The Balaban J connectivity index is 1.89. The van der Waals surface area contributed by atoms with Gasteiger partial charge in [0.1, 0.15) is 17.8 Å². The number of hydrogen-bond acceptors (Lipinski definition) is 3. The van der Waals surface area contributed by atoms with Gasteiger partial charge in [-0.25, -0.2) is 0 Å². The van der Waals surface area contributed by atoms with E-state index in [1.807, 2.05) is 24.7 Å². The summed E-state index contributed by atoms with van der Waals surface area (Å²) in [6.45, 7) is 3.08. The molecule has 1 N–H and O–H groups in total. The van der Waals surface area contributed by atoms with Gasteiger partial charge in [0, 0.05) is 30.8 Å². The molecule has 0 radical (unpaired) electrons. The summed E-state index contributed by atoms with van der Waals surface area (Å²) < 4.78 is 4.56. The molecule has 2 aromatic rings. The predicted molar refractivity (Wildman–Crippen MR) is 70.2 cm³/mol. The van der Waals surface area contributed by atoms with E-state index < -0.39 is 0 Å². The smallest absolute Gasteiger partial charge is 0.267 e. The molecule has 1 amide bonds. The third kappa shape index (κ3) is 2.79. The highest BCUT2D eigenvalue weighted by Crippen LogP contribution is 2.13. The van der Waals surface area contributed by atoms with Gasteiger partial charge in [-0.15, -0.1) is 10.2 Å². The summed E-state index contributed by atoms with van der Waals surface area (Å²) in [4.78, 5) is 11.9. The molecule has 18 heavy (non-hydrogen) atoms. The van der Waals surface area contributed by atoms with Crippen molar-refractivity contribution in [2.24, 2.45) is 7.05 Å². The highest BCUT2D eigenvalue weighted by molar-refractivity contribution is 9.10. The van der Waals surface area contributed by atoms with Crippen LogP contribution in [0.1, 0.15) is 16.3 Å². The first kappa shape index (κ1) is 12.8. The van der Waals surface area contributed by atoms with Crippen LogP contribution in [0.25, 0.3) is 0 Å². The average Bonchev–Trinajstić information content (AvgIpc) is 2.85. The van der Waals surface area contributed by atoms with E-state index in [9.17, 15) is 4.79 Å². The molecule has 0 atom stereocenters. The van der Waals surface area contributed by atoms with Crippen molar-refractivity contribution in [3.05, 3.63) is 34.6 Å². The zero-order chi connectivity index (χ0) is 13.1. The van der Waals surface area contributed by atoms with E-state index in [-0.39, 0.29) is 5.91 Å². The molecule has 0 saturated heterocycles. The Bertz CT molecular complexity index is 560. The Morgan fingerprint density at radius 1 is 1.56 bits per heavy atom. The van der Waals surface area contributed by atoms with E-state index >= 15 is 0 Å². The molecule has 0 aliphatic carbocycles. The first-order valence-electron chi connectivity index (χ1n) is 5.52. The lowest BCUT2D eigenvalue weighted by molar-refractivity contribution is 0.0944. The zero-order valence-electron chi connectivity index (χ0n) is 10.2. The quantitative estimate of drug-likeness (QED) is 0.920. The molecule has 0 aliphatic rings. The van der Waals surface area contributed by atoms with Crippen molar-refractivity contribution in [1.82, 2.24) is 24.6 Å². The van der Waals surface area contributed by atoms with Crippen molar-refractivity contribution < 1.29 is 4.79 Å². The topological polar surface area (TPSA) is 64.7 Å². The molecule has 0 aromatic carbocycles. The monoisotopic (exact) mass is 311 g/mol. The summed E-state index contributed by atoms with van der Waals surface area (Å²) >= 11 is 3.34. The zero-order valence-corrected chi connectivity index (χ0v) is 11.8. The Morgan fingerprint density at radius 2 is 2.33 bits per heavy atom. The maximum absolute atomic E-state index is 11.9. The van der Waals surface area contributed by atoms with Gasteiger partial charge in [0.25, 0.3) is 5.91 Å². The van der Waals surface area contributed by atoms with Crippen molar-refractivity contribution in [1.29, 1.82) is 0 Å². The van der Waals surface area contributed by atoms with Crippen molar-refractivity contribution in [2.75, 3.05) is 6.54 Å². The third-order valence-corrected chi connectivity index (χ3v) is 3.09. The van der Waals surface area contributed by atoms with Crippen LogP contribution < -0.4 is 5.32 Å². The van der Waals surface area contributed by atoms with Gasteiger partial charge in [-0.2, -0.15) is 0 Å². The van der Waals surface area contributed by atoms with Crippen LogP contribution in [0, 0.1) is 6.92 Å². The van der Waals surface area contributed by atoms with Gasteiger partial charge in [-0.1, -0.05) is 0 Å². The Morgan fingerprint density at radius 3 is 2.89 bits per heavy atom. The lowest BCUT2D eigenvalue weighted by Crippen LogP contribution is -2.28. The van der Waals surface area contributed by atoms with Gasteiger partial charge in [0.05, 0.1) is 0 Å². The fraction of sp³-hybridized carbons (Fsp3) is 0.364. The second kappa shape index (κ2) is 5.34. The molecule has 2 rings (SSSR count).